The first-order valence-corrected chi connectivity index (χ1v) is 6.32. The second kappa shape index (κ2) is 4.88. The molecule has 0 bridgehead atoms. The molecular weight excluding hydrogens is 212 g/mol. The molecule has 1 aromatic rings. The zero-order chi connectivity index (χ0) is 12.4. The van der Waals surface area contributed by atoms with Gasteiger partial charge in [-0.3, -0.25) is 4.79 Å². The highest BCUT2D eigenvalue weighted by molar-refractivity contribution is 5.94. The molecular formula is C14H20N2O. The Morgan fingerprint density at radius 1 is 1.41 bits per heavy atom. The zero-order valence-electron chi connectivity index (χ0n) is 10.6. The number of amides is 1. The van der Waals surface area contributed by atoms with Gasteiger partial charge in [-0.25, -0.2) is 0 Å². The number of carbonyl (C=O) groups is 1. The molecule has 0 aromatic heterocycles. The van der Waals surface area contributed by atoms with Crippen LogP contribution in [0.1, 0.15) is 43.9 Å². The van der Waals surface area contributed by atoms with E-state index in [1.165, 1.54) is 5.56 Å². The van der Waals surface area contributed by atoms with E-state index in [1.807, 2.05) is 30.9 Å². The van der Waals surface area contributed by atoms with E-state index in [9.17, 15) is 4.79 Å². The third-order valence-corrected chi connectivity index (χ3v) is 3.37. The maximum absolute atomic E-state index is 11.9. The van der Waals surface area contributed by atoms with E-state index in [0.717, 1.165) is 30.6 Å². The highest BCUT2D eigenvalue weighted by atomic mass is 16.2. The lowest BCUT2D eigenvalue weighted by molar-refractivity contribution is -0.118. The summed E-state index contributed by atoms with van der Waals surface area (Å²) >= 11 is 0. The highest BCUT2D eigenvalue weighted by Gasteiger charge is 2.21. The number of fused-ring (bicyclic) bond motifs is 1. The van der Waals surface area contributed by atoms with Crippen LogP contribution < -0.4 is 10.6 Å². The molecule has 0 saturated heterocycles. The Hall–Kier alpha value is -1.35. The van der Waals surface area contributed by atoms with Crippen LogP contribution in [0.25, 0.3) is 0 Å². The molecule has 3 nitrogen and oxygen atoms in total. The van der Waals surface area contributed by atoms with Crippen LogP contribution in [0.3, 0.4) is 0 Å². The second-order valence-electron chi connectivity index (χ2n) is 4.67. The number of nitrogens with zero attached hydrogens (tertiary/aromatic N) is 1. The Morgan fingerprint density at radius 3 is 2.82 bits per heavy atom. The maximum atomic E-state index is 11.9. The van der Waals surface area contributed by atoms with Gasteiger partial charge in [0, 0.05) is 24.7 Å². The Morgan fingerprint density at radius 2 is 2.18 bits per heavy atom. The molecule has 0 fully saturated rings. The van der Waals surface area contributed by atoms with Gasteiger partial charge in [-0.1, -0.05) is 12.1 Å². The Kier molecular flexibility index (Phi) is 3.48. The Labute approximate surface area is 103 Å². The second-order valence-corrected chi connectivity index (χ2v) is 4.67. The van der Waals surface area contributed by atoms with Gasteiger partial charge in [0.25, 0.3) is 0 Å². The van der Waals surface area contributed by atoms with Crippen LogP contribution in [0.15, 0.2) is 18.2 Å². The monoisotopic (exact) mass is 232 g/mol. The summed E-state index contributed by atoms with van der Waals surface area (Å²) in [6.45, 7) is 4.75. The fourth-order valence-corrected chi connectivity index (χ4v) is 2.40. The Bertz CT molecular complexity index is 426. The van der Waals surface area contributed by atoms with Crippen molar-refractivity contribution in [1.29, 1.82) is 0 Å². The lowest BCUT2D eigenvalue weighted by Gasteiger charge is -2.22. The van der Waals surface area contributed by atoms with Crippen molar-refractivity contribution in [1.82, 2.24) is 0 Å². The van der Waals surface area contributed by atoms with Crippen LogP contribution in [0.5, 0.6) is 0 Å². The summed E-state index contributed by atoms with van der Waals surface area (Å²) in [7, 11) is 0. The predicted molar refractivity (Wildman–Crippen MR) is 70.0 cm³/mol. The van der Waals surface area contributed by atoms with Crippen LogP contribution in [0.2, 0.25) is 0 Å². The van der Waals surface area contributed by atoms with Crippen molar-refractivity contribution in [3.8, 4) is 0 Å². The number of nitrogens with two attached hydrogens (primary N) is 1. The molecule has 1 unspecified atom stereocenters. The maximum Gasteiger partial charge on any atom is 0.226 e. The van der Waals surface area contributed by atoms with Gasteiger partial charge in [-0.15, -0.1) is 0 Å². The summed E-state index contributed by atoms with van der Waals surface area (Å²) in [4.78, 5) is 13.8. The zero-order valence-corrected chi connectivity index (χ0v) is 10.6. The SMILES string of the molecule is CCN1C(=O)CCCc2cc(C(C)N)ccc21. The number of rotatable bonds is 2. The van der Waals surface area contributed by atoms with Crippen molar-refractivity contribution in [2.45, 2.75) is 39.2 Å². The van der Waals surface area contributed by atoms with E-state index in [1.54, 1.807) is 0 Å². The van der Waals surface area contributed by atoms with E-state index in [0.29, 0.717) is 6.42 Å². The van der Waals surface area contributed by atoms with Crippen LogP contribution in [-0.2, 0) is 11.2 Å². The first kappa shape index (κ1) is 12.1. The van der Waals surface area contributed by atoms with Crippen molar-refractivity contribution < 1.29 is 4.79 Å². The van der Waals surface area contributed by atoms with Crippen molar-refractivity contribution in [2.75, 3.05) is 11.4 Å². The molecule has 2 rings (SSSR count). The van der Waals surface area contributed by atoms with Crippen LogP contribution in [-0.4, -0.2) is 12.5 Å². The third kappa shape index (κ3) is 2.34. The summed E-state index contributed by atoms with van der Waals surface area (Å²) in [5.41, 5.74) is 9.37. The molecule has 0 aliphatic carbocycles. The van der Waals surface area contributed by atoms with Gasteiger partial charge in [0.2, 0.25) is 5.91 Å². The van der Waals surface area contributed by atoms with Gasteiger partial charge in [0.05, 0.1) is 0 Å². The molecule has 17 heavy (non-hydrogen) atoms. The normalized spacial score (nSPS) is 17.6. The summed E-state index contributed by atoms with van der Waals surface area (Å²) in [5, 5.41) is 0. The van der Waals surface area contributed by atoms with Crippen molar-refractivity contribution in [3.05, 3.63) is 29.3 Å². The van der Waals surface area contributed by atoms with Crippen LogP contribution in [0.4, 0.5) is 5.69 Å². The van der Waals surface area contributed by atoms with Crippen molar-refractivity contribution in [2.24, 2.45) is 5.73 Å². The minimum atomic E-state index is 0.0503. The number of hydrogen-bond donors (Lipinski definition) is 1. The molecule has 2 N–H and O–H groups in total. The summed E-state index contributed by atoms with van der Waals surface area (Å²) in [6, 6.07) is 6.28. The number of anilines is 1. The summed E-state index contributed by atoms with van der Waals surface area (Å²) in [6.07, 6.45) is 2.55. The lowest BCUT2D eigenvalue weighted by Crippen LogP contribution is -2.29. The van der Waals surface area contributed by atoms with Crippen LogP contribution in [0, 0.1) is 0 Å². The summed E-state index contributed by atoms with van der Waals surface area (Å²) < 4.78 is 0. The number of benzene rings is 1. The molecule has 1 aromatic carbocycles. The summed E-state index contributed by atoms with van der Waals surface area (Å²) in [5.74, 6) is 0.236. The smallest absolute Gasteiger partial charge is 0.226 e. The number of carbonyl (C=O) groups excluding carboxylic acids is 1. The molecule has 0 radical (unpaired) electrons. The topological polar surface area (TPSA) is 46.3 Å². The van der Waals surface area contributed by atoms with Crippen molar-refractivity contribution >= 4 is 11.6 Å². The molecule has 1 amide bonds. The first-order valence-electron chi connectivity index (χ1n) is 6.32. The van der Waals surface area contributed by atoms with E-state index in [-0.39, 0.29) is 11.9 Å². The van der Waals surface area contributed by atoms with Gasteiger partial charge >= 0.3 is 0 Å². The molecule has 1 aliphatic heterocycles. The molecule has 0 spiro atoms. The molecule has 1 atom stereocenters. The largest absolute Gasteiger partial charge is 0.324 e. The van der Waals surface area contributed by atoms with E-state index in [2.05, 4.69) is 6.07 Å². The van der Waals surface area contributed by atoms with E-state index >= 15 is 0 Å². The van der Waals surface area contributed by atoms with Crippen LogP contribution >= 0.6 is 0 Å². The quantitative estimate of drug-likeness (QED) is 0.851. The molecule has 1 heterocycles. The van der Waals surface area contributed by atoms with Gasteiger partial charge in [0.15, 0.2) is 0 Å². The first-order chi connectivity index (χ1) is 8.13. The standard InChI is InChI=1S/C14H20N2O/c1-3-16-13-8-7-11(10(2)15)9-12(13)5-4-6-14(16)17/h7-10H,3-6,15H2,1-2H3. The number of hydrogen-bond acceptors (Lipinski definition) is 2. The minimum Gasteiger partial charge on any atom is -0.324 e. The lowest BCUT2D eigenvalue weighted by atomic mass is 10.0. The van der Waals surface area contributed by atoms with E-state index < -0.39 is 0 Å². The fourth-order valence-electron chi connectivity index (χ4n) is 2.40. The predicted octanol–water partition coefficient (Wildman–Crippen LogP) is 2.40. The van der Waals surface area contributed by atoms with Gasteiger partial charge in [-0.05, 0) is 43.9 Å². The Balaban J connectivity index is 2.44. The average Bonchev–Trinajstić information content (AvgIpc) is 2.46. The molecule has 0 saturated carbocycles. The molecule has 1 aliphatic rings. The number of aryl methyl sites for hydroxylation is 1. The van der Waals surface area contributed by atoms with Gasteiger partial charge < -0.3 is 10.6 Å². The van der Waals surface area contributed by atoms with Crippen molar-refractivity contribution in [3.63, 3.8) is 0 Å². The highest BCUT2D eigenvalue weighted by Crippen LogP contribution is 2.29. The van der Waals surface area contributed by atoms with Gasteiger partial charge in [-0.2, -0.15) is 0 Å². The molecule has 3 heteroatoms. The third-order valence-electron chi connectivity index (χ3n) is 3.37. The minimum absolute atomic E-state index is 0.0503. The average molecular weight is 232 g/mol. The molecule has 92 valence electrons. The van der Waals surface area contributed by atoms with Gasteiger partial charge in [0.1, 0.15) is 0 Å². The van der Waals surface area contributed by atoms with E-state index in [4.69, 9.17) is 5.73 Å². The fraction of sp³-hybridized carbons (Fsp3) is 0.500.